The van der Waals surface area contributed by atoms with Gasteiger partial charge in [-0.3, -0.25) is 15.0 Å². The van der Waals surface area contributed by atoms with Gasteiger partial charge >= 0.3 is 0 Å². The summed E-state index contributed by atoms with van der Waals surface area (Å²) in [5, 5.41) is 1.12. The molecule has 1 unspecified atom stereocenters. The van der Waals surface area contributed by atoms with E-state index in [1.54, 1.807) is 6.20 Å². The number of allylic oxidation sites excluding steroid dienone is 1. The Morgan fingerprint density at radius 1 is 0.714 bits per heavy atom. The van der Waals surface area contributed by atoms with E-state index in [-0.39, 0.29) is 0 Å². The highest BCUT2D eigenvalue weighted by atomic mass is 15.1. The molecule has 0 radical (unpaired) electrons. The van der Waals surface area contributed by atoms with Gasteiger partial charge in [-0.15, -0.1) is 0 Å². The minimum Gasteiger partial charge on any atom is -0.281 e. The minimum atomic E-state index is 0.410. The van der Waals surface area contributed by atoms with Crippen molar-refractivity contribution in [2.24, 2.45) is 10.9 Å². The molecule has 6 heteroatoms. The van der Waals surface area contributed by atoms with Crippen LogP contribution in [0.1, 0.15) is 12.7 Å². The second-order valence-corrected chi connectivity index (χ2v) is 8.58. The second kappa shape index (κ2) is 8.99. The van der Waals surface area contributed by atoms with E-state index in [1.807, 2.05) is 60.8 Å². The maximum atomic E-state index is 4.78. The van der Waals surface area contributed by atoms with E-state index in [9.17, 15) is 0 Å². The lowest BCUT2D eigenvalue weighted by Gasteiger charge is -2.12. The zero-order valence-electron chi connectivity index (χ0n) is 19.2. The number of nitrogens with zero attached hydrogens (tertiary/aromatic N) is 6. The number of dihydropyridines is 1. The molecule has 6 rings (SSSR count). The second-order valence-electron chi connectivity index (χ2n) is 8.58. The van der Waals surface area contributed by atoms with E-state index in [1.165, 1.54) is 0 Å². The molecule has 5 aromatic rings. The third kappa shape index (κ3) is 4.34. The number of fused-ring (bicyclic) bond motifs is 1. The third-order valence-electron chi connectivity index (χ3n) is 5.96. The Morgan fingerprint density at radius 2 is 1.49 bits per heavy atom. The van der Waals surface area contributed by atoms with Crippen LogP contribution in [-0.4, -0.2) is 37.2 Å². The summed E-state index contributed by atoms with van der Waals surface area (Å²) in [6, 6.07) is 24.2. The summed E-state index contributed by atoms with van der Waals surface area (Å²) in [6.45, 7) is 2.86. The molecule has 0 saturated carbocycles. The Balaban J connectivity index is 1.40. The summed E-state index contributed by atoms with van der Waals surface area (Å²) < 4.78 is 0. The van der Waals surface area contributed by atoms with Crippen molar-refractivity contribution < 1.29 is 0 Å². The van der Waals surface area contributed by atoms with Crippen molar-refractivity contribution in [2.45, 2.75) is 6.92 Å². The molecule has 0 saturated heterocycles. The van der Waals surface area contributed by atoms with Crippen LogP contribution < -0.4 is 0 Å². The van der Waals surface area contributed by atoms with Crippen LogP contribution in [0.4, 0.5) is 0 Å². The third-order valence-corrected chi connectivity index (χ3v) is 5.96. The van der Waals surface area contributed by atoms with Gasteiger partial charge in [-0.05, 0) is 41.8 Å². The van der Waals surface area contributed by atoms with Crippen LogP contribution in [0.3, 0.4) is 0 Å². The fourth-order valence-corrected chi connectivity index (χ4v) is 4.03. The van der Waals surface area contributed by atoms with Crippen LogP contribution in [0.2, 0.25) is 0 Å². The van der Waals surface area contributed by atoms with Gasteiger partial charge in [0.2, 0.25) is 0 Å². The molecule has 3 aromatic heterocycles. The van der Waals surface area contributed by atoms with Crippen LogP contribution >= 0.6 is 0 Å². The average molecular weight is 455 g/mol. The highest BCUT2D eigenvalue weighted by Gasteiger charge is 2.16. The SMILES string of the molecule is CC1C=CC(c2nc(-c3ccc(-c4cnc5ccccc5c4)cc3)nc(-c3ccccn3)n2)=NC1. The molecular formula is C29H22N6. The maximum Gasteiger partial charge on any atom is 0.182 e. The van der Waals surface area contributed by atoms with E-state index < -0.39 is 0 Å². The Morgan fingerprint density at radius 3 is 2.29 bits per heavy atom. The van der Waals surface area contributed by atoms with Crippen molar-refractivity contribution in [1.82, 2.24) is 24.9 Å². The molecule has 35 heavy (non-hydrogen) atoms. The number of hydrogen-bond donors (Lipinski definition) is 0. The molecule has 0 fully saturated rings. The first-order valence-electron chi connectivity index (χ1n) is 11.6. The molecule has 1 aliphatic heterocycles. The van der Waals surface area contributed by atoms with Crippen LogP contribution in [0.25, 0.3) is 44.9 Å². The van der Waals surface area contributed by atoms with Gasteiger partial charge in [-0.25, -0.2) is 15.0 Å². The number of para-hydroxylation sites is 1. The number of aliphatic imine (C=N–C) groups is 1. The fourth-order valence-electron chi connectivity index (χ4n) is 4.03. The lowest BCUT2D eigenvalue weighted by molar-refractivity contribution is 0.733. The quantitative estimate of drug-likeness (QED) is 0.342. The lowest BCUT2D eigenvalue weighted by Crippen LogP contribution is -2.13. The van der Waals surface area contributed by atoms with Crippen LogP contribution in [0.5, 0.6) is 0 Å². The predicted octanol–water partition coefficient (Wildman–Crippen LogP) is 5.81. The largest absolute Gasteiger partial charge is 0.281 e. The monoisotopic (exact) mass is 454 g/mol. The Labute approximate surface area is 203 Å². The first-order chi connectivity index (χ1) is 17.2. The van der Waals surface area contributed by atoms with Gasteiger partial charge < -0.3 is 0 Å². The van der Waals surface area contributed by atoms with Gasteiger partial charge in [-0.1, -0.05) is 61.5 Å². The van der Waals surface area contributed by atoms with E-state index in [2.05, 4.69) is 52.2 Å². The number of aromatic nitrogens is 5. The first-order valence-corrected chi connectivity index (χ1v) is 11.6. The summed E-state index contributed by atoms with van der Waals surface area (Å²) in [7, 11) is 0. The van der Waals surface area contributed by atoms with E-state index in [0.717, 1.165) is 39.8 Å². The number of rotatable bonds is 4. The van der Waals surface area contributed by atoms with Crippen molar-refractivity contribution in [1.29, 1.82) is 0 Å². The van der Waals surface area contributed by atoms with Gasteiger partial charge in [0.25, 0.3) is 0 Å². The van der Waals surface area contributed by atoms with E-state index >= 15 is 0 Å². The standard InChI is InChI=1S/C29H22N6/c1-19-9-14-26(31-17-19)29-34-27(33-28(35-29)25-8-4-5-15-30-25)21-12-10-20(11-13-21)23-16-22-6-2-3-7-24(22)32-18-23/h2-16,18-19H,17H2,1H3. The van der Waals surface area contributed by atoms with Gasteiger partial charge in [0.1, 0.15) is 11.4 Å². The highest BCUT2D eigenvalue weighted by molar-refractivity contribution is 6.06. The summed E-state index contributed by atoms with van der Waals surface area (Å²) in [5.41, 5.74) is 5.50. The van der Waals surface area contributed by atoms with Crippen molar-refractivity contribution in [3.8, 4) is 34.0 Å². The topological polar surface area (TPSA) is 76.8 Å². The Kier molecular flexibility index (Phi) is 5.39. The molecule has 2 aromatic carbocycles. The van der Waals surface area contributed by atoms with Crippen LogP contribution in [0, 0.1) is 5.92 Å². The number of benzene rings is 2. The van der Waals surface area contributed by atoms with Crippen molar-refractivity contribution in [2.75, 3.05) is 6.54 Å². The molecule has 0 amide bonds. The number of pyridine rings is 2. The van der Waals surface area contributed by atoms with Crippen LogP contribution in [-0.2, 0) is 0 Å². The zero-order chi connectivity index (χ0) is 23.6. The Hall–Kier alpha value is -4.58. The van der Waals surface area contributed by atoms with Crippen molar-refractivity contribution in [3.05, 3.63) is 103 Å². The molecule has 0 aliphatic carbocycles. The molecule has 168 valence electrons. The lowest BCUT2D eigenvalue weighted by atomic mass is 10.0. The summed E-state index contributed by atoms with van der Waals surface area (Å²) in [6.07, 6.45) is 7.78. The average Bonchev–Trinajstić information content (AvgIpc) is 2.93. The molecular weight excluding hydrogens is 432 g/mol. The molecule has 1 atom stereocenters. The molecule has 6 nitrogen and oxygen atoms in total. The number of hydrogen-bond acceptors (Lipinski definition) is 6. The molecule has 0 spiro atoms. The van der Waals surface area contributed by atoms with Gasteiger partial charge in [-0.2, -0.15) is 0 Å². The predicted molar refractivity (Wildman–Crippen MR) is 139 cm³/mol. The molecule has 1 aliphatic rings. The first kappa shape index (κ1) is 21.0. The van der Waals surface area contributed by atoms with Crippen LogP contribution in [0.15, 0.2) is 102 Å². The van der Waals surface area contributed by atoms with E-state index in [0.29, 0.717) is 29.1 Å². The van der Waals surface area contributed by atoms with Crippen molar-refractivity contribution in [3.63, 3.8) is 0 Å². The van der Waals surface area contributed by atoms with Gasteiger partial charge in [0.15, 0.2) is 17.5 Å². The Bertz CT molecular complexity index is 1570. The van der Waals surface area contributed by atoms with E-state index in [4.69, 9.17) is 15.0 Å². The molecule has 0 bridgehead atoms. The fraction of sp³-hybridized carbons (Fsp3) is 0.103. The summed E-state index contributed by atoms with van der Waals surface area (Å²) in [5.74, 6) is 2.09. The van der Waals surface area contributed by atoms with Gasteiger partial charge in [0.05, 0.1) is 5.52 Å². The highest BCUT2D eigenvalue weighted by Crippen LogP contribution is 2.26. The van der Waals surface area contributed by atoms with Gasteiger partial charge in [0, 0.05) is 35.5 Å². The smallest absolute Gasteiger partial charge is 0.182 e. The normalized spacial score (nSPS) is 15.2. The zero-order valence-corrected chi connectivity index (χ0v) is 19.2. The molecule has 4 heterocycles. The van der Waals surface area contributed by atoms with Crippen molar-refractivity contribution >= 4 is 16.6 Å². The summed E-state index contributed by atoms with van der Waals surface area (Å²) >= 11 is 0. The minimum absolute atomic E-state index is 0.410. The maximum absolute atomic E-state index is 4.78. The molecule has 0 N–H and O–H groups in total. The summed E-state index contributed by atoms with van der Waals surface area (Å²) in [4.78, 5) is 27.9.